The molecule has 0 N–H and O–H groups in total. The molecule has 1 fully saturated rings. The molecule has 0 unspecified atom stereocenters. The molecule has 0 aromatic rings. The third-order valence-electron chi connectivity index (χ3n) is 2.65. The molecule has 0 bridgehead atoms. The van der Waals surface area contributed by atoms with E-state index in [1.807, 2.05) is 0 Å². The Labute approximate surface area is 63.8 Å². The third kappa shape index (κ3) is 1.96. The maximum absolute atomic E-state index is 8.41. The van der Waals surface area contributed by atoms with Gasteiger partial charge >= 0.3 is 63.0 Å². The van der Waals surface area contributed by atoms with Gasteiger partial charge in [-0.1, -0.05) is 0 Å². The zero-order valence-electron chi connectivity index (χ0n) is 6.69. The van der Waals surface area contributed by atoms with Crippen LogP contribution in [-0.2, 0) is 0 Å². The first-order valence-electron chi connectivity index (χ1n) is 4.14. The molecule has 0 spiro atoms. The molecule has 0 radical (unpaired) electrons. The van der Waals surface area contributed by atoms with Crippen molar-refractivity contribution in [2.75, 3.05) is 25.2 Å². The molecule has 0 aromatic carbocycles. The standard InChI is InChI=1S/C8H16NP/c1-10(8-4-5-9)6-2-3-7-10/h10H,2-4,6-8H2,1H3. The molecular formula is C8H16NP. The molecule has 1 heterocycles. The summed E-state index contributed by atoms with van der Waals surface area (Å²) in [6.07, 6.45) is 7.90. The van der Waals surface area contributed by atoms with Crippen molar-refractivity contribution in [3.63, 3.8) is 0 Å². The normalized spacial score (nSPS) is 25.6. The van der Waals surface area contributed by atoms with E-state index >= 15 is 0 Å². The van der Waals surface area contributed by atoms with E-state index in [2.05, 4.69) is 12.7 Å². The van der Waals surface area contributed by atoms with E-state index in [9.17, 15) is 0 Å². The summed E-state index contributed by atoms with van der Waals surface area (Å²) in [4.78, 5) is 0. The van der Waals surface area contributed by atoms with Crippen molar-refractivity contribution in [2.45, 2.75) is 19.3 Å². The molecule has 0 aliphatic carbocycles. The van der Waals surface area contributed by atoms with Gasteiger partial charge in [0, 0.05) is 0 Å². The summed E-state index contributed by atoms with van der Waals surface area (Å²) in [5.74, 6) is 0. The summed E-state index contributed by atoms with van der Waals surface area (Å²) in [5.41, 5.74) is 0. The molecule has 1 aliphatic heterocycles. The molecule has 0 amide bonds. The number of hydrogen-bond donors (Lipinski definition) is 0. The Morgan fingerprint density at radius 3 is 2.50 bits per heavy atom. The predicted octanol–water partition coefficient (Wildman–Crippen LogP) is 2.07. The molecule has 1 saturated heterocycles. The van der Waals surface area contributed by atoms with Gasteiger partial charge in [-0.05, 0) is 0 Å². The maximum atomic E-state index is 8.41. The van der Waals surface area contributed by atoms with Gasteiger partial charge < -0.3 is 0 Å². The van der Waals surface area contributed by atoms with E-state index in [0.717, 1.165) is 6.42 Å². The van der Waals surface area contributed by atoms with Gasteiger partial charge in [0.25, 0.3) is 0 Å². The van der Waals surface area contributed by atoms with Crippen molar-refractivity contribution < 1.29 is 0 Å². The Bertz CT molecular complexity index is 142. The third-order valence-corrected chi connectivity index (χ3v) is 7.23. The topological polar surface area (TPSA) is 23.8 Å². The van der Waals surface area contributed by atoms with Crippen LogP contribution in [0.5, 0.6) is 0 Å². The van der Waals surface area contributed by atoms with E-state index in [4.69, 9.17) is 5.26 Å². The van der Waals surface area contributed by atoms with Crippen LogP contribution in [0.2, 0.25) is 0 Å². The number of hydrogen-bond acceptors (Lipinski definition) is 1. The van der Waals surface area contributed by atoms with Crippen LogP contribution < -0.4 is 0 Å². The van der Waals surface area contributed by atoms with Crippen LogP contribution in [0.25, 0.3) is 0 Å². The zero-order chi connectivity index (χ0) is 7.45. The summed E-state index contributed by atoms with van der Waals surface area (Å²) in [6, 6.07) is 2.25. The Balaban J connectivity index is 2.30. The van der Waals surface area contributed by atoms with Crippen LogP contribution in [0.4, 0.5) is 0 Å². The fourth-order valence-electron chi connectivity index (χ4n) is 1.84. The van der Waals surface area contributed by atoms with Crippen molar-refractivity contribution in [1.29, 1.82) is 5.26 Å². The fraction of sp³-hybridized carbons (Fsp3) is 0.875. The Kier molecular flexibility index (Phi) is 2.69. The molecule has 2 heteroatoms. The van der Waals surface area contributed by atoms with Gasteiger partial charge in [0.15, 0.2) is 0 Å². The Morgan fingerprint density at radius 2 is 2.00 bits per heavy atom. The van der Waals surface area contributed by atoms with Gasteiger partial charge in [-0.25, -0.2) is 0 Å². The monoisotopic (exact) mass is 157 g/mol. The summed E-state index contributed by atoms with van der Waals surface area (Å²) in [7, 11) is -0.830. The van der Waals surface area contributed by atoms with E-state index in [-0.39, 0.29) is 0 Å². The predicted molar refractivity (Wildman–Crippen MR) is 48.3 cm³/mol. The van der Waals surface area contributed by atoms with E-state index in [1.54, 1.807) is 0 Å². The van der Waals surface area contributed by atoms with E-state index in [1.165, 1.54) is 31.3 Å². The Hall–Kier alpha value is -0.0800. The van der Waals surface area contributed by atoms with Crippen molar-refractivity contribution in [1.82, 2.24) is 0 Å². The number of nitrogens with zero attached hydrogens (tertiary/aromatic N) is 1. The molecule has 1 nitrogen and oxygen atoms in total. The molecule has 58 valence electrons. The zero-order valence-corrected chi connectivity index (χ0v) is 7.69. The average molecular weight is 157 g/mol. The van der Waals surface area contributed by atoms with Gasteiger partial charge in [0.2, 0.25) is 0 Å². The van der Waals surface area contributed by atoms with E-state index in [0.29, 0.717) is 0 Å². The van der Waals surface area contributed by atoms with Crippen LogP contribution in [0.15, 0.2) is 0 Å². The van der Waals surface area contributed by atoms with E-state index < -0.39 is 7.26 Å². The SMILES string of the molecule is C[PH]1(CCC#N)CCCC1. The summed E-state index contributed by atoms with van der Waals surface area (Å²) in [6.45, 7) is 2.46. The second-order valence-corrected chi connectivity index (χ2v) is 8.80. The average Bonchev–Trinajstić information content (AvgIpc) is 2.33. The molecule has 10 heavy (non-hydrogen) atoms. The van der Waals surface area contributed by atoms with Crippen molar-refractivity contribution in [3.05, 3.63) is 0 Å². The van der Waals surface area contributed by atoms with Crippen LogP contribution in [0.3, 0.4) is 0 Å². The van der Waals surface area contributed by atoms with Crippen LogP contribution in [-0.4, -0.2) is 25.2 Å². The van der Waals surface area contributed by atoms with Crippen LogP contribution in [0, 0.1) is 11.3 Å². The van der Waals surface area contributed by atoms with Gasteiger partial charge in [0.1, 0.15) is 0 Å². The molecule has 0 saturated carbocycles. The molecule has 0 aromatic heterocycles. The van der Waals surface area contributed by atoms with Gasteiger partial charge in [-0.2, -0.15) is 0 Å². The summed E-state index contributed by atoms with van der Waals surface area (Å²) in [5, 5.41) is 8.41. The molecule has 0 atom stereocenters. The van der Waals surface area contributed by atoms with Gasteiger partial charge in [0.05, 0.1) is 0 Å². The first-order valence-corrected chi connectivity index (χ1v) is 7.26. The number of nitriles is 1. The second-order valence-electron chi connectivity index (χ2n) is 3.68. The van der Waals surface area contributed by atoms with Crippen molar-refractivity contribution >= 4 is 7.26 Å². The van der Waals surface area contributed by atoms with Crippen molar-refractivity contribution in [3.8, 4) is 6.07 Å². The minimum atomic E-state index is -0.830. The first kappa shape index (κ1) is 8.02. The quantitative estimate of drug-likeness (QED) is 0.563. The summed E-state index contributed by atoms with van der Waals surface area (Å²) >= 11 is 0. The number of rotatable bonds is 2. The van der Waals surface area contributed by atoms with Crippen molar-refractivity contribution in [2.24, 2.45) is 0 Å². The molecule has 1 aliphatic rings. The van der Waals surface area contributed by atoms with Crippen LogP contribution >= 0.6 is 7.26 Å². The van der Waals surface area contributed by atoms with Gasteiger partial charge in [-0.3, -0.25) is 0 Å². The molecular weight excluding hydrogens is 141 g/mol. The fourth-order valence-corrected chi connectivity index (χ4v) is 5.51. The minimum absolute atomic E-state index is 0.808. The first-order chi connectivity index (χ1) is 4.77. The molecule has 1 rings (SSSR count). The summed E-state index contributed by atoms with van der Waals surface area (Å²) < 4.78 is 0. The van der Waals surface area contributed by atoms with Crippen LogP contribution in [0.1, 0.15) is 19.3 Å². The second kappa shape index (κ2) is 3.35. The van der Waals surface area contributed by atoms with Gasteiger partial charge in [-0.15, -0.1) is 0 Å². The Morgan fingerprint density at radius 1 is 1.40 bits per heavy atom.